The van der Waals surface area contributed by atoms with Gasteiger partial charge in [-0.15, -0.1) is 0 Å². The molecule has 0 aliphatic heterocycles. The van der Waals surface area contributed by atoms with E-state index in [2.05, 4.69) is 6.92 Å². The Morgan fingerprint density at radius 3 is 1.42 bits per heavy atom. The van der Waals surface area contributed by atoms with Crippen LogP contribution in [0.4, 0.5) is 0 Å². The molecule has 0 aromatic heterocycles. The van der Waals surface area contributed by atoms with Crippen molar-refractivity contribution in [3.8, 4) is 5.75 Å². The maximum atomic E-state index is 12.6. The first-order valence-corrected chi connectivity index (χ1v) is 16.7. The molecule has 0 aliphatic carbocycles. The molecule has 0 radical (unpaired) electrons. The van der Waals surface area contributed by atoms with Crippen molar-refractivity contribution in [1.82, 2.24) is 0 Å². The Balaban J connectivity index is 0.00000308. The predicted octanol–water partition coefficient (Wildman–Crippen LogP) is -4.65. The van der Waals surface area contributed by atoms with Crippen LogP contribution in [0, 0.1) is 0 Å². The first-order chi connectivity index (χ1) is 18.6. The second-order valence-electron chi connectivity index (χ2n) is 9.52. The summed E-state index contributed by atoms with van der Waals surface area (Å²) in [4.78, 5) is 9.80. The monoisotopic (exact) mass is 678 g/mol. The third-order valence-corrected chi connectivity index (χ3v) is 9.39. The molecule has 0 spiro atoms. The number of esters is 1. The van der Waals surface area contributed by atoms with Gasteiger partial charge in [0.15, 0.2) is 0 Å². The normalized spacial score (nSPS) is 12.1. The molecule has 0 heterocycles. The van der Waals surface area contributed by atoms with E-state index in [0.29, 0.717) is 12.5 Å². The van der Waals surface area contributed by atoms with E-state index in [1.54, 1.807) is 0 Å². The molecule has 0 N–H and O–H groups in total. The van der Waals surface area contributed by atoms with Gasteiger partial charge in [-0.05, 0) is 24.6 Å². The summed E-state index contributed by atoms with van der Waals surface area (Å²) >= 11 is 0. The fourth-order valence-electron chi connectivity index (χ4n) is 4.97. The Labute approximate surface area is 317 Å². The molecule has 0 aliphatic rings. The quantitative estimate of drug-likeness (QED) is 0.0349. The number of hydrogen-bond acceptors (Lipinski definition) is 11. The summed E-state index contributed by atoms with van der Waals surface area (Å²) in [5.74, 6) is -1.03. The van der Waals surface area contributed by atoms with Crippen LogP contribution in [0.25, 0.3) is 32.3 Å². The van der Waals surface area contributed by atoms with Gasteiger partial charge < -0.3 is 18.4 Å². The summed E-state index contributed by atoms with van der Waals surface area (Å²) in [7, 11) is -15.8. The number of hydrogen-bond donors (Lipinski definition) is 0. The van der Waals surface area contributed by atoms with Gasteiger partial charge in [0.1, 0.15) is 36.1 Å². The molecular weight excluding hydrogens is 653 g/mol. The largest absolute Gasteiger partial charge is 1.00 e. The summed E-state index contributed by atoms with van der Waals surface area (Å²) in [5.41, 5.74) is 0. The zero-order chi connectivity index (χ0) is 29.5. The molecule has 4 aromatic rings. The molecule has 0 bridgehead atoms. The standard InChI is InChI=1S/C26H28O11S3.3Na/c1-2-3-4-5-6-7-8-9-24(27)37-20-14-21(38(28,29)30)17-12-13-19-23(40(34,35)36)15-22(39(31,32)33)18-11-10-16(20)25(17)26(18)19;;;/h10-15H,2-9H2,1H3,(H,28,29,30)(H,31,32,33)(H,34,35,36);;;/q;3*+1/p-3. The van der Waals surface area contributed by atoms with Crippen molar-refractivity contribution in [2.75, 3.05) is 0 Å². The molecule has 4 rings (SSSR count). The first-order valence-electron chi connectivity index (χ1n) is 12.5. The Morgan fingerprint density at radius 1 is 0.605 bits per heavy atom. The Morgan fingerprint density at radius 2 is 0.977 bits per heavy atom. The zero-order valence-electron chi connectivity index (χ0n) is 24.3. The number of unbranched alkanes of at least 4 members (excludes halogenated alkanes) is 6. The van der Waals surface area contributed by atoms with Crippen LogP contribution in [0.15, 0.2) is 51.1 Å². The van der Waals surface area contributed by atoms with Gasteiger partial charge >= 0.3 is 94.6 Å². The summed E-state index contributed by atoms with van der Waals surface area (Å²) in [5, 5.41) is -1.18. The van der Waals surface area contributed by atoms with Gasteiger partial charge in [0, 0.05) is 38.7 Å². The minimum atomic E-state index is -5.32. The van der Waals surface area contributed by atoms with Gasteiger partial charge in [0.05, 0.1) is 14.7 Å². The molecule has 0 fully saturated rings. The number of carbonyl (C=O) groups is 1. The van der Waals surface area contributed by atoms with Gasteiger partial charge in [-0.1, -0.05) is 63.6 Å². The number of carbonyl (C=O) groups excluding carboxylic acids is 1. The van der Waals surface area contributed by atoms with Crippen molar-refractivity contribution in [2.45, 2.75) is 73.0 Å². The van der Waals surface area contributed by atoms with E-state index < -0.39 is 51.0 Å². The Kier molecular flexibility index (Phi) is 15.6. The number of benzene rings is 4. The zero-order valence-corrected chi connectivity index (χ0v) is 32.8. The minimum absolute atomic E-state index is 0. The maximum absolute atomic E-state index is 12.6. The van der Waals surface area contributed by atoms with Crippen molar-refractivity contribution in [1.29, 1.82) is 0 Å². The molecule has 216 valence electrons. The molecule has 0 atom stereocenters. The molecule has 0 saturated heterocycles. The fourth-order valence-corrected chi connectivity index (χ4v) is 7.14. The molecule has 43 heavy (non-hydrogen) atoms. The van der Waals surface area contributed by atoms with Crippen LogP contribution >= 0.6 is 0 Å². The third kappa shape index (κ3) is 9.36. The van der Waals surface area contributed by atoms with Crippen molar-refractivity contribution in [2.24, 2.45) is 0 Å². The number of ether oxygens (including phenoxy) is 1. The van der Waals surface area contributed by atoms with E-state index in [-0.39, 0.29) is 133 Å². The van der Waals surface area contributed by atoms with E-state index in [4.69, 9.17) is 4.74 Å². The summed E-state index contributed by atoms with van der Waals surface area (Å²) in [6, 6.07) is 5.91. The van der Waals surface area contributed by atoms with Crippen LogP contribution in [0.2, 0.25) is 0 Å². The van der Waals surface area contributed by atoms with Crippen molar-refractivity contribution in [3.63, 3.8) is 0 Å². The maximum Gasteiger partial charge on any atom is 1.00 e. The van der Waals surface area contributed by atoms with E-state index in [0.717, 1.165) is 62.8 Å². The molecule has 0 amide bonds. The minimum Gasteiger partial charge on any atom is -0.744 e. The smallest absolute Gasteiger partial charge is 0.744 e. The molecular formula is C26H25Na3O11S3. The second kappa shape index (κ2) is 16.3. The third-order valence-electron chi connectivity index (χ3n) is 6.76. The van der Waals surface area contributed by atoms with Gasteiger partial charge in [0.2, 0.25) is 0 Å². The van der Waals surface area contributed by atoms with Crippen molar-refractivity contribution < 1.29 is 137 Å². The predicted molar refractivity (Wildman–Crippen MR) is 142 cm³/mol. The first kappa shape index (κ1) is 41.1. The van der Waals surface area contributed by atoms with Crippen LogP contribution < -0.4 is 93.4 Å². The topological polar surface area (TPSA) is 198 Å². The molecule has 4 aromatic carbocycles. The van der Waals surface area contributed by atoms with E-state index in [9.17, 15) is 43.7 Å². The Hall–Kier alpha value is 0.120. The van der Waals surface area contributed by atoms with Crippen LogP contribution in [0.1, 0.15) is 58.3 Å². The van der Waals surface area contributed by atoms with Crippen LogP contribution in [-0.4, -0.2) is 44.9 Å². The van der Waals surface area contributed by atoms with Gasteiger partial charge in [0.25, 0.3) is 0 Å². The average Bonchev–Trinajstić information content (AvgIpc) is 2.85. The molecule has 0 unspecified atom stereocenters. The van der Waals surface area contributed by atoms with Gasteiger partial charge in [-0.25, -0.2) is 25.3 Å². The summed E-state index contributed by atoms with van der Waals surface area (Å²) in [6.45, 7) is 2.10. The summed E-state index contributed by atoms with van der Waals surface area (Å²) < 4.78 is 114. The van der Waals surface area contributed by atoms with Crippen LogP contribution in [0.5, 0.6) is 5.75 Å². The molecule has 17 heteroatoms. The summed E-state index contributed by atoms with van der Waals surface area (Å²) in [6.07, 6.45) is 6.59. The van der Waals surface area contributed by atoms with Crippen LogP contribution in [0.3, 0.4) is 0 Å². The SMILES string of the molecule is CCCCCCCCCC(=O)Oc1cc(S(=O)(=O)[O-])c2ccc3c(S(=O)(=O)[O-])cc(S(=O)(=O)[O-])c4ccc1c2c43.[Na+].[Na+].[Na+]. The second-order valence-corrected chi connectivity index (χ2v) is 13.6. The van der Waals surface area contributed by atoms with Crippen molar-refractivity contribution in [3.05, 3.63) is 36.4 Å². The van der Waals surface area contributed by atoms with Gasteiger partial charge in [-0.3, -0.25) is 4.79 Å². The molecule has 11 nitrogen and oxygen atoms in total. The van der Waals surface area contributed by atoms with E-state index >= 15 is 0 Å². The average molecular weight is 679 g/mol. The van der Waals surface area contributed by atoms with Crippen molar-refractivity contribution >= 4 is 68.6 Å². The van der Waals surface area contributed by atoms with E-state index in [1.165, 1.54) is 6.07 Å². The Bertz CT molecular complexity index is 1890. The van der Waals surface area contributed by atoms with E-state index in [1.807, 2.05) is 0 Å². The number of rotatable bonds is 12. The fraction of sp³-hybridized carbons (Fsp3) is 0.346. The van der Waals surface area contributed by atoms with Crippen LogP contribution in [-0.2, 0) is 35.1 Å². The molecule has 0 saturated carbocycles. The van der Waals surface area contributed by atoms with Gasteiger partial charge in [-0.2, -0.15) is 0 Å².